The second-order valence-electron chi connectivity index (χ2n) is 5.16. The molecular weight excluding hydrogens is 206 g/mol. The lowest BCUT2D eigenvalue weighted by Crippen LogP contribution is -2.36. The SMILES string of the molecule is CC(C)(C)NCc1nnnn1C1CCOC1. The first-order chi connectivity index (χ1) is 7.56. The number of ether oxygens (including phenoxy) is 1. The number of tetrazole rings is 1. The van der Waals surface area contributed by atoms with Crippen LogP contribution in [0, 0.1) is 0 Å². The Hall–Kier alpha value is -1.01. The fourth-order valence-corrected chi connectivity index (χ4v) is 1.67. The van der Waals surface area contributed by atoms with Crippen molar-refractivity contribution in [3.05, 3.63) is 5.82 Å². The predicted molar refractivity (Wildman–Crippen MR) is 58.9 cm³/mol. The molecule has 1 aliphatic rings. The highest BCUT2D eigenvalue weighted by Crippen LogP contribution is 2.18. The first kappa shape index (κ1) is 11.5. The van der Waals surface area contributed by atoms with Gasteiger partial charge in [0, 0.05) is 12.1 Å². The van der Waals surface area contributed by atoms with Crippen LogP contribution < -0.4 is 5.32 Å². The lowest BCUT2D eigenvalue weighted by molar-refractivity contribution is 0.183. The Kier molecular flexibility index (Phi) is 3.20. The van der Waals surface area contributed by atoms with E-state index in [2.05, 4.69) is 41.6 Å². The highest BCUT2D eigenvalue weighted by atomic mass is 16.5. The van der Waals surface area contributed by atoms with Crippen molar-refractivity contribution in [3.8, 4) is 0 Å². The van der Waals surface area contributed by atoms with Crippen LogP contribution in [0.15, 0.2) is 0 Å². The van der Waals surface area contributed by atoms with Gasteiger partial charge in [-0.15, -0.1) is 5.10 Å². The van der Waals surface area contributed by atoms with E-state index in [-0.39, 0.29) is 5.54 Å². The fraction of sp³-hybridized carbons (Fsp3) is 0.900. The summed E-state index contributed by atoms with van der Waals surface area (Å²) in [6.07, 6.45) is 0.994. The molecule has 0 aliphatic carbocycles. The Morgan fingerprint density at radius 2 is 2.31 bits per heavy atom. The van der Waals surface area contributed by atoms with Crippen LogP contribution in [-0.4, -0.2) is 39.0 Å². The summed E-state index contributed by atoms with van der Waals surface area (Å²) in [5.41, 5.74) is 0.0724. The lowest BCUT2D eigenvalue weighted by Gasteiger charge is -2.20. The smallest absolute Gasteiger partial charge is 0.165 e. The van der Waals surface area contributed by atoms with E-state index in [1.807, 2.05) is 4.68 Å². The van der Waals surface area contributed by atoms with E-state index in [0.29, 0.717) is 19.2 Å². The molecular formula is C10H19N5O. The van der Waals surface area contributed by atoms with Crippen LogP contribution in [0.25, 0.3) is 0 Å². The second kappa shape index (κ2) is 4.47. The molecule has 1 aromatic heterocycles. The molecule has 1 aromatic rings. The van der Waals surface area contributed by atoms with Crippen LogP contribution in [0.5, 0.6) is 0 Å². The van der Waals surface area contributed by atoms with Crippen LogP contribution in [0.4, 0.5) is 0 Å². The molecule has 0 radical (unpaired) electrons. The summed E-state index contributed by atoms with van der Waals surface area (Å²) >= 11 is 0. The van der Waals surface area contributed by atoms with Gasteiger partial charge in [0.05, 0.1) is 19.2 Å². The van der Waals surface area contributed by atoms with Gasteiger partial charge in [-0.2, -0.15) is 0 Å². The summed E-state index contributed by atoms with van der Waals surface area (Å²) < 4.78 is 7.23. The van der Waals surface area contributed by atoms with Gasteiger partial charge in [-0.1, -0.05) is 0 Å². The molecule has 0 aromatic carbocycles. The first-order valence-corrected chi connectivity index (χ1v) is 5.66. The van der Waals surface area contributed by atoms with Gasteiger partial charge in [0.1, 0.15) is 0 Å². The van der Waals surface area contributed by atoms with Crippen molar-refractivity contribution in [2.24, 2.45) is 0 Å². The molecule has 90 valence electrons. The quantitative estimate of drug-likeness (QED) is 0.812. The summed E-state index contributed by atoms with van der Waals surface area (Å²) in [7, 11) is 0. The monoisotopic (exact) mass is 225 g/mol. The van der Waals surface area contributed by atoms with Crippen molar-refractivity contribution < 1.29 is 4.74 Å². The summed E-state index contributed by atoms with van der Waals surface area (Å²) in [5, 5.41) is 15.2. The predicted octanol–water partition coefficient (Wildman–Crippen LogP) is 0.523. The highest BCUT2D eigenvalue weighted by Gasteiger charge is 2.22. The third-order valence-electron chi connectivity index (χ3n) is 2.59. The molecule has 0 amide bonds. The summed E-state index contributed by atoms with van der Waals surface area (Å²) in [6.45, 7) is 8.58. The average Bonchev–Trinajstić information content (AvgIpc) is 2.84. The third kappa shape index (κ3) is 2.76. The Morgan fingerprint density at radius 1 is 1.50 bits per heavy atom. The van der Waals surface area contributed by atoms with Crippen LogP contribution in [0.3, 0.4) is 0 Å². The topological polar surface area (TPSA) is 64.9 Å². The van der Waals surface area contributed by atoms with Crippen molar-refractivity contribution >= 4 is 0 Å². The zero-order chi connectivity index (χ0) is 11.6. The van der Waals surface area contributed by atoms with Crippen molar-refractivity contribution in [1.82, 2.24) is 25.5 Å². The van der Waals surface area contributed by atoms with E-state index in [1.54, 1.807) is 0 Å². The Morgan fingerprint density at radius 3 is 2.94 bits per heavy atom. The summed E-state index contributed by atoms with van der Waals surface area (Å²) in [4.78, 5) is 0. The average molecular weight is 225 g/mol. The van der Waals surface area contributed by atoms with Gasteiger partial charge < -0.3 is 10.1 Å². The van der Waals surface area contributed by atoms with E-state index in [0.717, 1.165) is 18.9 Å². The molecule has 1 atom stereocenters. The molecule has 1 saturated heterocycles. The molecule has 16 heavy (non-hydrogen) atoms. The number of rotatable bonds is 3. The van der Waals surface area contributed by atoms with E-state index in [9.17, 15) is 0 Å². The molecule has 1 unspecified atom stereocenters. The van der Waals surface area contributed by atoms with E-state index < -0.39 is 0 Å². The van der Waals surface area contributed by atoms with E-state index in [4.69, 9.17) is 4.74 Å². The Labute approximate surface area is 95.4 Å². The summed E-state index contributed by atoms with van der Waals surface area (Å²) in [6, 6.07) is 0.298. The summed E-state index contributed by atoms with van der Waals surface area (Å²) in [5.74, 6) is 0.880. The van der Waals surface area contributed by atoms with Crippen LogP contribution >= 0.6 is 0 Å². The number of nitrogens with one attached hydrogen (secondary N) is 1. The number of hydrogen-bond acceptors (Lipinski definition) is 5. The first-order valence-electron chi connectivity index (χ1n) is 5.66. The van der Waals surface area contributed by atoms with Gasteiger partial charge in [-0.05, 0) is 37.6 Å². The van der Waals surface area contributed by atoms with Gasteiger partial charge in [0.25, 0.3) is 0 Å². The number of aromatic nitrogens is 4. The maximum absolute atomic E-state index is 5.34. The van der Waals surface area contributed by atoms with Gasteiger partial charge in [0.2, 0.25) is 0 Å². The molecule has 2 rings (SSSR count). The Balaban J connectivity index is 2.01. The molecule has 0 saturated carbocycles. The largest absolute Gasteiger partial charge is 0.379 e. The zero-order valence-electron chi connectivity index (χ0n) is 10.1. The molecule has 6 nitrogen and oxygen atoms in total. The van der Waals surface area contributed by atoms with Gasteiger partial charge in [0.15, 0.2) is 5.82 Å². The maximum Gasteiger partial charge on any atom is 0.165 e. The van der Waals surface area contributed by atoms with E-state index in [1.165, 1.54) is 0 Å². The van der Waals surface area contributed by atoms with Gasteiger partial charge >= 0.3 is 0 Å². The number of hydrogen-bond donors (Lipinski definition) is 1. The lowest BCUT2D eigenvalue weighted by atomic mass is 10.1. The van der Waals surface area contributed by atoms with Crippen molar-refractivity contribution in [3.63, 3.8) is 0 Å². The molecule has 0 bridgehead atoms. The molecule has 2 heterocycles. The fourth-order valence-electron chi connectivity index (χ4n) is 1.67. The zero-order valence-corrected chi connectivity index (χ0v) is 10.1. The normalized spacial score (nSPS) is 21.6. The number of nitrogens with zero attached hydrogens (tertiary/aromatic N) is 4. The molecule has 0 spiro atoms. The van der Waals surface area contributed by atoms with Gasteiger partial charge in [-0.3, -0.25) is 0 Å². The minimum absolute atomic E-state index is 0.0724. The molecule has 6 heteroatoms. The maximum atomic E-state index is 5.34. The molecule has 1 aliphatic heterocycles. The standard InChI is InChI=1S/C10H19N5O/c1-10(2,3)11-6-9-12-13-14-15(9)8-4-5-16-7-8/h8,11H,4-7H2,1-3H3. The Bertz CT molecular complexity index is 337. The van der Waals surface area contributed by atoms with Crippen LogP contribution in [-0.2, 0) is 11.3 Å². The van der Waals surface area contributed by atoms with Crippen molar-refractivity contribution in [2.75, 3.05) is 13.2 Å². The molecule has 1 fully saturated rings. The van der Waals surface area contributed by atoms with Gasteiger partial charge in [-0.25, -0.2) is 4.68 Å². The minimum Gasteiger partial charge on any atom is -0.379 e. The second-order valence-corrected chi connectivity index (χ2v) is 5.16. The van der Waals surface area contributed by atoms with Crippen LogP contribution in [0.1, 0.15) is 39.1 Å². The van der Waals surface area contributed by atoms with Crippen molar-refractivity contribution in [2.45, 2.75) is 45.3 Å². The third-order valence-corrected chi connectivity index (χ3v) is 2.59. The highest BCUT2D eigenvalue weighted by molar-refractivity contribution is 4.87. The minimum atomic E-state index is 0.0724. The van der Waals surface area contributed by atoms with Crippen molar-refractivity contribution in [1.29, 1.82) is 0 Å². The molecule has 1 N–H and O–H groups in total. The van der Waals surface area contributed by atoms with Crippen LogP contribution in [0.2, 0.25) is 0 Å². The van der Waals surface area contributed by atoms with E-state index >= 15 is 0 Å².